The molecule has 2 N–H and O–H groups in total. The molecule has 0 amide bonds. The number of nitrogens with one attached hydrogen (secondary N) is 1. The Labute approximate surface area is 103 Å². The fraction of sp³-hybridized carbons (Fsp3) is 0.769. The van der Waals surface area contributed by atoms with E-state index in [1.54, 1.807) is 0 Å². The molecule has 0 bridgehead atoms. The van der Waals surface area contributed by atoms with E-state index in [4.69, 9.17) is 0 Å². The summed E-state index contributed by atoms with van der Waals surface area (Å²) in [6, 6.07) is 2.07. The molecule has 1 aliphatic rings. The van der Waals surface area contributed by atoms with Gasteiger partial charge < -0.3 is 10.4 Å². The number of aliphatic hydroxyl groups excluding tert-OH is 1. The zero-order chi connectivity index (χ0) is 12.1. The maximum absolute atomic E-state index is 9.42. The van der Waals surface area contributed by atoms with Crippen LogP contribution in [0.2, 0.25) is 0 Å². The van der Waals surface area contributed by atoms with Crippen LogP contribution in [0.3, 0.4) is 0 Å². The fourth-order valence-corrected chi connectivity index (χ4v) is 2.52. The van der Waals surface area contributed by atoms with Crippen LogP contribution in [-0.2, 0) is 13.5 Å². The van der Waals surface area contributed by atoms with Crippen LogP contribution in [0.25, 0.3) is 0 Å². The van der Waals surface area contributed by atoms with Crippen molar-refractivity contribution in [1.29, 1.82) is 0 Å². The molecule has 17 heavy (non-hydrogen) atoms. The fourth-order valence-electron chi connectivity index (χ4n) is 2.52. The van der Waals surface area contributed by atoms with Crippen LogP contribution >= 0.6 is 0 Å². The molecule has 96 valence electrons. The molecular weight excluding hydrogens is 214 g/mol. The summed E-state index contributed by atoms with van der Waals surface area (Å²) in [7, 11) is 1.98. The molecule has 0 atom stereocenters. The second-order valence-corrected chi connectivity index (χ2v) is 5.07. The van der Waals surface area contributed by atoms with Crippen molar-refractivity contribution in [2.45, 2.75) is 38.2 Å². The maximum Gasteiger partial charge on any atom is 0.0540 e. The lowest BCUT2D eigenvalue weighted by molar-refractivity contribution is 0.108. The molecule has 1 aromatic rings. The summed E-state index contributed by atoms with van der Waals surface area (Å²) in [5, 5.41) is 17.1. The van der Waals surface area contributed by atoms with Gasteiger partial charge in [0.1, 0.15) is 0 Å². The highest BCUT2D eigenvalue weighted by Gasteiger charge is 2.18. The third-order valence-corrected chi connectivity index (χ3v) is 3.73. The highest BCUT2D eigenvalue weighted by atomic mass is 16.3. The Morgan fingerprint density at radius 1 is 1.41 bits per heavy atom. The molecule has 1 saturated carbocycles. The largest absolute Gasteiger partial charge is 0.393 e. The van der Waals surface area contributed by atoms with Crippen LogP contribution < -0.4 is 5.32 Å². The average molecular weight is 237 g/mol. The van der Waals surface area contributed by atoms with E-state index in [0.29, 0.717) is 0 Å². The van der Waals surface area contributed by atoms with Gasteiger partial charge in [-0.05, 0) is 44.2 Å². The van der Waals surface area contributed by atoms with Crippen molar-refractivity contribution in [3.8, 4) is 0 Å². The summed E-state index contributed by atoms with van der Waals surface area (Å²) < 4.78 is 1.93. The van der Waals surface area contributed by atoms with Gasteiger partial charge in [0.05, 0.1) is 6.10 Å². The Bertz CT molecular complexity index is 329. The summed E-state index contributed by atoms with van der Waals surface area (Å²) >= 11 is 0. The van der Waals surface area contributed by atoms with E-state index in [0.717, 1.165) is 38.3 Å². The predicted octanol–water partition coefficient (Wildman–Crippen LogP) is 1.10. The van der Waals surface area contributed by atoms with Gasteiger partial charge in [0.25, 0.3) is 0 Å². The summed E-state index contributed by atoms with van der Waals surface area (Å²) in [6.45, 7) is 2.10. The molecule has 0 radical (unpaired) electrons. The molecule has 4 heteroatoms. The smallest absolute Gasteiger partial charge is 0.0540 e. The van der Waals surface area contributed by atoms with E-state index in [2.05, 4.69) is 16.5 Å². The standard InChI is InChI=1S/C13H23N3O/c1-16-12(7-9-15-16)6-8-14-10-11-2-4-13(17)5-3-11/h7,9,11,13-14,17H,2-6,8,10H2,1H3. The second-order valence-electron chi connectivity index (χ2n) is 5.07. The van der Waals surface area contributed by atoms with Crippen molar-refractivity contribution >= 4 is 0 Å². The van der Waals surface area contributed by atoms with Crippen molar-refractivity contribution < 1.29 is 5.11 Å². The van der Waals surface area contributed by atoms with Gasteiger partial charge in [-0.15, -0.1) is 0 Å². The van der Waals surface area contributed by atoms with Crippen molar-refractivity contribution in [3.63, 3.8) is 0 Å². The SMILES string of the molecule is Cn1nccc1CCNCC1CCC(O)CC1. The van der Waals surface area contributed by atoms with Crippen LogP contribution in [-0.4, -0.2) is 34.1 Å². The quantitative estimate of drug-likeness (QED) is 0.754. The molecule has 1 heterocycles. The van der Waals surface area contributed by atoms with Crippen LogP contribution in [0.15, 0.2) is 12.3 Å². The average Bonchev–Trinajstić information content (AvgIpc) is 2.73. The first kappa shape index (κ1) is 12.6. The maximum atomic E-state index is 9.42. The lowest BCUT2D eigenvalue weighted by atomic mass is 9.87. The summed E-state index contributed by atoms with van der Waals surface area (Å²) in [6.07, 6.45) is 7.13. The van der Waals surface area contributed by atoms with Crippen molar-refractivity contribution in [3.05, 3.63) is 18.0 Å². The molecular formula is C13H23N3O. The number of aromatic nitrogens is 2. The Kier molecular flexibility index (Phi) is 4.57. The van der Waals surface area contributed by atoms with Gasteiger partial charge >= 0.3 is 0 Å². The van der Waals surface area contributed by atoms with Gasteiger partial charge in [0, 0.05) is 31.9 Å². The number of hydrogen-bond acceptors (Lipinski definition) is 3. The molecule has 1 fully saturated rings. The number of nitrogens with zero attached hydrogens (tertiary/aromatic N) is 2. The minimum Gasteiger partial charge on any atom is -0.393 e. The Hall–Kier alpha value is -0.870. The van der Waals surface area contributed by atoms with Crippen molar-refractivity contribution in [1.82, 2.24) is 15.1 Å². The Balaban J connectivity index is 1.59. The first-order chi connectivity index (χ1) is 8.25. The van der Waals surface area contributed by atoms with E-state index in [9.17, 15) is 5.11 Å². The normalized spacial score (nSPS) is 25.1. The molecule has 0 aromatic carbocycles. The first-order valence-electron chi connectivity index (χ1n) is 6.61. The molecule has 0 spiro atoms. The van der Waals surface area contributed by atoms with Crippen LogP contribution in [0.4, 0.5) is 0 Å². The lowest BCUT2D eigenvalue weighted by Gasteiger charge is -2.25. The highest BCUT2D eigenvalue weighted by molar-refractivity contribution is 5.00. The van der Waals surface area contributed by atoms with E-state index in [1.807, 2.05) is 17.9 Å². The lowest BCUT2D eigenvalue weighted by Crippen LogP contribution is -2.29. The number of aryl methyl sites for hydroxylation is 1. The zero-order valence-corrected chi connectivity index (χ0v) is 10.6. The Morgan fingerprint density at radius 3 is 2.82 bits per heavy atom. The predicted molar refractivity (Wildman–Crippen MR) is 67.7 cm³/mol. The van der Waals surface area contributed by atoms with E-state index in [1.165, 1.54) is 18.5 Å². The minimum absolute atomic E-state index is 0.0410. The summed E-state index contributed by atoms with van der Waals surface area (Å²) in [5.41, 5.74) is 1.27. The van der Waals surface area contributed by atoms with Crippen LogP contribution in [0.5, 0.6) is 0 Å². The topological polar surface area (TPSA) is 50.1 Å². The van der Waals surface area contributed by atoms with E-state index >= 15 is 0 Å². The number of aliphatic hydroxyl groups is 1. The van der Waals surface area contributed by atoms with Crippen LogP contribution in [0, 0.1) is 5.92 Å². The van der Waals surface area contributed by atoms with Gasteiger partial charge in [-0.3, -0.25) is 4.68 Å². The first-order valence-corrected chi connectivity index (χ1v) is 6.61. The molecule has 0 unspecified atom stereocenters. The van der Waals surface area contributed by atoms with Gasteiger partial charge in [-0.2, -0.15) is 5.10 Å². The highest BCUT2D eigenvalue weighted by Crippen LogP contribution is 2.23. The third kappa shape index (κ3) is 3.82. The number of hydrogen-bond donors (Lipinski definition) is 2. The molecule has 1 aromatic heterocycles. The van der Waals surface area contributed by atoms with Gasteiger partial charge in [-0.25, -0.2) is 0 Å². The summed E-state index contributed by atoms with van der Waals surface area (Å²) in [5.74, 6) is 0.755. The van der Waals surface area contributed by atoms with Crippen molar-refractivity contribution in [2.24, 2.45) is 13.0 Å². The molecule has 4 nitrogen and oxygen atoms in total. The number of rotatable bonds is 5. The van der Waals surface area contributed by atoms with Gasteiger partial charge in [-0.1, -0.05) is 0 Å². The molecule has 0 saturated heterocycles. The van der Waals surface area contributed by atoms with E-state index < -0.39 is 0 Å². The van der Waals surface area contributed by atoms with E-state index in [-0.39, 0.29) is 6.10 Å². The van der Waals surface area contributed by atoms with Crippen LogP contribution in [0.1, 0.15) is 31.4 Å². The van der Waals surface area contributed by atoms with Gasteiger partial charge in [0.2, 0.25) is 0 Å². The zero-order valence-electron chi connectivity index (χ0n) is 10.6. The Morgan fingerprint density at radius 2 is 2.18 bits per heavy atom. The van der Waals surface area contributed by atoms with Gasteiger partial charge in [0.15, 0.2) is 0 Å². The monoisotopic (exact) mass is 237 g/mol. The summed E-state index contributed by atoms with van der Waals surface area (Å²) in [4.78, 5) is 0. The molecule has 2 rings (SSSR count). The molecule has 0 aliphatic heterocycles. The minimum atomic E-state index is -0.0410. The third-order valence-electron chi connectivity index (χ3n) is 3.73. The molecule has 1 aliphatic carbocycles. The van der Waals surface area contributed by atoms with Crippen molar-refractivity contribution in [2.75, 3.05) is 13.1 Å². The second kappa shape index (κ2) is 6.17.